The van der Waals surface area contributed by atoms with Crippen molar-refractivity contribution in [1.82, 2.24) is 4.31 Å². The van der Waals surface area contributed by atoms with Gasteiger partial charge in [-0.2, -0.15) is 9.57 Å². The Morgan fingerprint density at radius 1 is 1.14 bits per heavy atom. The zero-order valence-electron chi connectivity index (χ0n) is 20.7. The van der Waals surface area contributed by atoms with Crippen LogP contribution >= 0.6 is 23.1 Å². The molecule has 2 rings (SSSR count). The molecule has 0 radical (unpaired) electrons. The largest absolute Gasteiger partial charge is 0.462 e. The number of nitrogens with one attached hydrogen (secondary N) is 1. The van der Waals surface area contributed by atoms with Crippen LogP contribution in [0.25, 0.3) is 0 Å². The molecule has 0 aliphatic carbocycles. The van der Waals surface area contributed by atoms with Crippen LogP contribution in [0.4, 0.5) is 5.00 Å². The van der Waals surface area contributed by atoms with Gasteiger partial charge in [-0.3, -0.25) is 4.79 Å². The molecule has 1 aromatic carbocycles. The Bertz CT molecular complexity index is 1190. The van der Waals surface area contributed by atoms with Gasteiger partial charge in [0.2, 0.25) is 10.0 Å². The first kappa shape index (κ1) is 28.8. The van der Waals surface area contributed by atoms with E-state index in [9.17, 15) is 18.0 Å². The summed E-state index contributed by atoms with van der Waals surface area (Å²) in [6.45, 7) is 12.3. The van der Waals surface area contributed by atoms with Gasteiger partial charge in [0.25, 0.3) is 5.91 Å². The van der Waals surface area contributed by atoms with E-state index in [0.29, 0.717) is 33.4 Å². The highest BCUT2D eigenvalue weighted by molar-refractivity contribution is 8.04. The summed E-state index contributed by atoms with van der Waals surface area (Å²) in [4.78, 5) is 26.0. The second kappa shape index (κ2) is 12.5. The third-order valence-electron chi connectivity index (χ3n) is 4.82. The first-order chi connectivity index (χ1) is 16.4. The van der Waals surface area contributed by atoms with Gasteiger partial charge in [0.15, 0.2) is 0 Å². The molecule has 8 nitrogen and oxygen atoms in total. The first-order valence-corrected chi connectivity index (χ1v) is 14.3. The minimum atomic E-state index is -3.71. The first-order valence-electron chi connectivity index (χ1n) is 11.2. The van der Waals surface area contributed by atoms with Crippen molar-refractivity contribution in [2.24, 2.45) is 11.8 Å². The van der Waals surface area contributed by atoms with Gasteiger partial charge in [0, 0.05) is 18.7 Å². The van der Waals surface area contributed by atoms with Crippen LogP contribution in [0.15, 0.2) is 34.1 Å². The number of ether oxygens (including phenoxy) is 1. The Morgan fingerprint density at radius 2 is 1.71 bits per heavy atom. The molecule has 190 valence electrons. The van der Waals surface area contributed by atoms with E-state index >= 15 is 0 Å². The maximum atomic E-state index is 13.2. The second-order valence-electron chi connectivity index (χ2n) is 8.72. The molecule has 1 amide bonds. The van der Waals surface area contributed by atoms with Crippen LogP contribution in [0, 0.1) is 29.4 Å². The van der Waals surface area contributed by atoms with Gasteiger partial charge in [0.05, 0.1) is 16.4 Å². The molecule has 1 heterocycles. The molecule has 0 fully saturated rings. The van der Waals surface area contributed by atoms with Gasteiger partial charge < -0.3 is 10.1 Å². The van der Waals surface area contributed by atoms with E-state index in [4.69, 9.17) is 10.00 Å². The number of nitrogens with zero attached hydrogens (tertiary/aromatic N) is 2. The van der Waals surface area contributed by atoms with Crippen molar-refractivity contribution in [1.29, 1.82) is 5.26 Å². The lowest BCUT2D eigenvalue weighted by Crippen LogP contribution is -2.37. The van der Waals surface area contributed by atoms with Crippen LogP contribution in [0.5, 0.6) is 0 Å². The van der Waals surface area contributed by atoms with E-state index in [0.717, 1.165) is 23.1 Å². The van der Waals surface area contributed by atoms with Crippen molar-refractivity contribution in [2.45, 2.75) is 51.3 Å². The number of hydrogen-bond acceptors (Lipinski definition) is 8. The predicted octanol–water partition coefficient (Wildman–Crippen LogP) is 5.36. The number of esters is 1. The molecule has 35 heavy (non-hydrogen) atoms. The van der Waals surface area contributed by atoms with Crippen molar-refractivity contribution < 1.29 is 22.7 Å². The maximum Gasteiger partial charge on any atom is 0.348 e. The number of amides is 1. The van der Waals surface area contributed by atoms with Gasteiger partial charge in [-0.25, -0.2) is 13.2 Å². The topological polar surface area (TPSA) is 117 Å². The fraction of sp³-hybridized carbons (Fsp3) is 0.458. The van der Waals surface area contributed by atoms with E-state index in [1.54, 1.807) is 13.8 Å². The highest BCUT2D eigenvalue weighted by Crippen LogP contribution is 2.40. The number of thiocyanates is 1. The number of benzene rings is 1. The Labute approximate surface area is 215 Å². The summed E-state index contributed by atoms with van der Waals surface area (Å²) in [6.07, 6.45) is 0. The number of hydrogen-bond donors (Lipinski definition) is 1. The molecule has 0 saturated carbocycles. The van der Waals surface area contributed by atoms with Crippen molar-refractivity contribution in [3.63, 3.8) is 0 Å². The molecule has 0 aliphatic heterocycles. The molecule has 0 atom stereocenters. The number of carbonyl (C=O) groups is 2. The van der Waals surface area contributed by atoms with Crippen LogP contribution in [0.2, 0.25) is 0 Å². The van der Waals surface area contributed by atoms with Gasteiger partial charge >= 0.3 is 5.97 Å². The van der Waals surface area contributed by atoms with E-state index in [-0.39, 0.29) is 28.9 Å². The highest BCUT2D eigenvalue weighted by Gasteiger charge is 2.27. The summed E-state index contributed by atoms with van der Waals surface area (Å²) in [5, 5.41) is 14.2. The average molecular weight is 538 g/mol. The van der Waals surface area contributed by atoms with Crippen LogP contribution in [-0.2, 0) is 14.8 Å². The Balaban J connectivity index is 2.30. The molecule has 0 bridgehead atoms. The van der Waals surface area contributed by atoms with E-state index in [1.165, 1.54) is 28.6 Å². The molecular formula is C24H31N3O5S3. The number of thioether (sulfide) groups is 1. The molecule has 0 unspecified atom stereocenters. The fourth-order valence-electron chi connectivity index (χ4n) is 3.33. The molecule has 1 N–H and O–H groups in total. The monoisotopic (exact) mass is 537 g/mol. The van der Waals surface area contributed by atoms with E-state index in [1.807, 2.05) is 33.1 Å². The summed E-state index contributed by atoms with van der Waals surface area (Å²) in [6, 6.07) is 5.75. The zero-order chi connectivity index (χ0) is 26.3. The summed E-state index contributed by atoms with van der Waals surface area (Å²) in [7, 11) is -3.71. The third kappa shape index (κ3) is 7.30. The SMILES string of the molecule is CCOC(=O)c1sc(NC(=O)c2ccc(S(=O)(=O)N(CC(C)C)CC(C)C)cc2)c(SC#N)c1C. The lowest BCUT2D eigenvalue weighted by molar-refractivity contribution is 0.0531. The van der Waals surface area contributed by atoms with Crippen LogP contribution < -0.4 is 5.32 Å². The van der Waals surface area contributed by atoms with E-state index < -0.39 is 21.9 Å². The molecule has 0 saturated heterocycles. The van der Waals surface area contributed by atoms with Crippen LogP contribution in [-0.4, -0.2) is 44.3 Å². The average Bonchev–Trinajstić information content (AvgIpc) is 3.08. The quantitative estimate of drug-likeness (QED) is 0.233. The number of nitriles is 1. The molecule has 11 heteroatoms. The van der Waals surface area contributed by atoms with Gasteiger partial charge in [-0.1, -0.05) is 27.7 Å². The standard InChI is InChI=1S/C24H31N3O5S3/c1-7-32-24(29)21-17(6)20(33-14-25)23(34-21)26-22(28)18-8-10-19(11-9-18)35(30,31)27(12-15(2)3)13-16(4)5/h8-11,15-16H,7,12-13H2,1-6H3,(H,26,28). The third-order valence-corrected chi connectivity index (χ3v) is 8.79. The van der Waals surface area contributed by atoms with Crippen molar-refractivity contribution >= 4 is 50.0 Å². The van der Waals surface area contributed by atoms with Gasteiger partial charge in [-0.05, 0) is 67.3 Å². The molecule has 0 aliphatic rings. The fourth-order valence-corrected chi connectivity index (χ4v) is 6.89. The van der Waals surface area contributed by atoms with Crippen molar-refractivity contribution in [3.8, 4) is 5.40 Å². The summed E-state index contributed by atoms with van der Waals surface area (Å²) in [5.41, 5.74) is 0.812. The van der Waals surface area contributed by atoms with Crippen molar-refractivity contribution in [3.05, 3.63) is 40.3 Å². The molecule has 1 aromatic heterocycles. The van der Waals surface area contributed by atoms with Gasteiger partial charge in [-0.15, -0.1) is 11.3 Å². The highest BCUT2D eigenvalue weighted by atomic mass is 32.2. The number of sulfonamides is 1. The molecule has 0 spiro atoms. The number of thiophene rings is 1. The molecule has 2 aromatic rings. The Hall–Kier alpha value is -2.39. The lowest BCUT2D eigenvalue weighted by Gasteiger charge is -2.25. The normalized spacial score (nSPS) is 11.7. The van der Waals surface area contributed by atoms with Gasteiger partial charge in [0.1, 0.15) is 15.3 Å². The number of anilines is 1. The van der Waals surface area contributed by atoms with E-state index in [2.05, 4.69) is 5.32 Å². The van der Waals surface area contributed by atoms with Crippen LogP contribution in [0.1, 0.15) is 60.2 Å². The minimum absolute atomic E-state index is 0.118. The second-order valence-corrected chi connectivity index (χ2v) is 12.5. The number of carbonyl (C=O) groups excluding carboxylic acids is 2. The lowest BCUT2D eigenvalue weighted by atomic mass is 10.2. The minimum Gasteiger partial charge on any atom is -0.462 e. The number of rotatable bonds is 11. The summed E-state index contributed by atoms with van der Waals surface area (Å²) in [5.74, 6) is -0.658. The summed E-state index contributed by atoms with van der Waals surface area (Å²) >= 11 is 1.89. The predicted molar refractivity (Wildman–Crippen MR) is 139 cm³/mol. The summed E-state index contributed by atoms with van der Waals surface area (Å²) < 4.78 is 32.9. The Morgan fingerprint density at radius 3 is 2.20 bits per heavy atom. The maximum absolute atomic E-state index is 13.2. The van der Waals surface area contributed by atoms with Crippen molar-refractivity contribution in [2.75, 3.05) is 25.0 Å². The molecular weight excluding hydrogens is 506 g/mol. The zero-order valence-corrected chi connectivity index (χ0v) is 23.2. The Kier molecular flexibility index (Phi) is 10.3. The smallest absolute Gasteiger partial charge is 0.348 e. The van der Waals surface area contributed by atoms with Crippen LogP contribution in [0.3, 0.4) is 0 Å².